The van der Waals surface area contributed by atoms with Crippen LogP contribution in [0.1, 0.15) is 12.8 Å². The smallest absolute Gasteiger partial charge is 0.243 e. The molecule has 84 valence electrons. The number of rotatable bonds is 2. The van der Waals surface area contributed by atoms with E-state index in [4.69, 9.17) is 0 Å². The van der Waals surface area contributed by atoms with Gasteiger partial charge < -0.3 is 0 Å². The zero-order chi connectivity index (χ0) is 11.0. The van der Waals surface area contributed by atoms with Crippen LogP contribution in [0.15, 0.2) is 0 Å². The summed E-state index contributed by atoms with van der Waals surface area (Å²) in [5.41, 5.74) is -2.22. The molecule has 0 N–H and O–H groups in total. The highest BCUT2D eigenvalue weighted by molar-refractivity contribution is 7.91. The molecule has 1 saturated heterocycles. The molecule has 4 nitrogen and oxygen atoms in total. The molecule has 0 radical (unpaired) electrons. The maximum absolute atomic E-state index is 13.5. The van der Waals surface area contributed by atoms with E-state index < -0.39 is 55.8 Å². The van der Waals surface area contributed by atoms with Crippen molar-refractivity contribution in [2.75, 3.05) is 17.3 Å². The molecular weight excluding hydrogens is 238 g/mol. The van der Waals surface area contributed by atoms with E-state index >= 15 is 0 Å². The van der Waals surface area contributed by atoms with Gasteiger partial charge in [-0.05, 0) is 12.8 Å². The van der Waals surface area contributed by atoms with Crippen molar-refractivity contribution < 1.29 is 25.1 Å². The summed E-state index contributed by atoms with van der Waals surface area (Å²) in [6.45, 7) is 0. The summed E-state index contributed by atoms with van der Waals surface area (Å²) in [5.74, 6) is -2.08. The van der Waals surface area contributed by atoms with Gasteiger partial charge in [0.1, 0.15) is 11.4 Å². The fraction of sp³-hybridized carbons (Fsp3) is 1.00. The molecule has 0 saturated carbocycles. The highest BCUT2D eigenvalue weighted by Crippen LogP contribution is 2.29. The molecule has 0 aromatic rings. The highest BCUT2D eigenvalue weighted by Gasteiger charge is 2.41. The topological polar surface area (TPSA) is 68.3 Å². The standard InChI is InChI=1S/C6H10F2O4S2/c7-6(5-14(8,11)12)1-3-13(9,10)4-2-6/h1-5H2. The van der Waals surface area contributed by atoms with Crippen molar-refractivity contribution in [2.45, 2.75) is 18.5 Å². The molecule has 0 spiro atoms. The van der Waals surface area contributed by atoms with Crippen molar-refractivity contribution >= 4 is 20.1 Å². The lowest BCUT2D eigenvalue weighted by Crippen LogP contribution is -2.40. The number of alkyl halides is 1. The first kappa shape index (κ1) is 11.8. The van der Waals surface area contributed by atoms with Crippen LogP contribution >= 0.6 is 0 Å². The Hall–Kier alpha value is -0.240. The second-order valence-corrected chi connectivity index (χ2v) is 7.16. The Morgan fingerprint density at radius 2 is 1.64 bits per heavy atom. The molecule has 8 heteroatoms. The van der Waals surface area contributed by atoms with Gasteiger partial charge in [0.25, 0.3) is 0 Å². The summed E-state index contributed by atoms with van der Waals surface area (Å²) in [6.07, 6.45) is -0.892. The molecule has 1 heterocycles. The van der Waals surface area contributed by atoms with Gasteiger partial charge in [-0.2, -0.15) is 8.42 Å². The first-order chi connectivity index (χ1) is 6.12. The van der Waals surface area contributed by atoms with E-state index in [0.717, 1.165) is 0 Å². The van der Waals surface area contributed by atoms with Crippen LogP contribution in [-0.4, -0.2) is 39.8 Å². The van der Waals surface area contributed by atoms with Crippen LogP contribution in [-0.2, 0) is 20.1 Å². The molecule has 0 aromatic carbocycles. The van der Waals surface area contributed by atoms with Crippen molar-refractivity contribution in [1.82, 2.24) is 0 Å². The Labute approximate surface area is 81.4 Å². The van der Waals surface area contributed by atoms with Gasteiger partial charge in [0.15, 0.2) is 9.84 Å². The van der Waals surface area contributed by atoms with Crippen molar-refractivity contribution in [3.63, 3.8) is 0 Å². The molecule has 0 unspecified atom stereocenters. The Kier molecular flexibility index (Phi) is 2.88. The van der Waals surface area contributed by atoms with Crippen LogP contribution in [0.3, 0.4) is 0 Å². The molecule has 0 amide bonds. The first-order valence-electron chi connectivity index (χ1n) is 3.94. The summed E-state index contributed by atoms with van der Waals surface area (Å²) < 4.78 is 67.9. The van der Waals surface area contributed by atoms with E-state index in [1.54, 1.807) is 0 Å². The predicted octanol–water partition coefficient (Wildman–Crippen LogP) is 0.203. The average molecular weight is 248 g/mol. The Morgan fingerprint density at radius 1 is 1.21 bits per heavy atom. The van der Waals surface area contributed by atoms with Gasteiger partial charge in [0.05, 0.1) is 11.5 Å². The zero-order valence-electron chi connectivity index (χ0n) is 7.24. The van der Waals surface area contributed by atoms with Gasteiger partial charge in [-0.1, -0.05) is 0 Å². The van der Waals surface area contributed by atoms with Gasteiger partial charge in [0.2, 0.25) is 0 Å². The van der Waals surface area contributed by atoms with Crippen molar-refractivity contribution in [3.05, 3.63) is 0 Å². The van der Waals surface area contributed by atoms with Crippen molar-refractivity contribution in [1.29, 1.82) is 0 Å². The Morgan fingerprint density at radius 3 is 2.00 bits per heavy atom. The quantitative estimate of drug-likeness (QED) is 0.655. The lowest BCUT2D eigenvalue weighted by molar-refractivity contribution is 0.174. The lowest BCUT2D eigenvalue weighted by Gasteiger charge is -2.27. The zero-order valence-corrected chi connectivity index (χ0v) is 8.87. The van der Waals surface area contributed by atoms with Gasteiger partial charge in [0, 0.05) is 0 Å². The number of halogens is 2. The summed E-state index contributed by atoms with van der Waals surface area (Å²) >= 11 is 0. The Balaban J connectivity index is 2.72. The predicted molar refractivity (Wildman–Crippen MR) is 46.6 cm³/mol. The molecule has 1 rings (SSSR count). The summed E-state index contributed by atoms with van der Waals surface area (Å²) in [7, 11) is -8.16. The third-order valence-electron chi connectivity index (χ3n) is 2.15. The van der Waals surface area contributed by atoms with Crippen molar-refractivity contribution in [2.24, 2.45) is 0 Å². The monoisotopic (exact) mass is 248 g/mol. The third-order valence-corrected chi connectivity index (χ3v) is 4.67. The van der Waals surface area contributed by atoms with Gasteiger partial charge >= 0.3 is 10.2 Å². The number of hydrogen-bond acceptors (Lipinski definition) is 4. The van der Waals surface area contributed by atoms with Gasteiger partial charge in [-0.25, -0.2) is 12.8 Å². The van der Waals surface area contributed by atoms with E-state index in [2.05, 4.69) is 0 Å². The largest absolute Gasteiger partial charge is 0.305 e. The first-order valence-corrected chi connectivity index (χ1v) is 7.31. The molecule has 0 aromatic heterocycles. The molecule has 1 fully saturated rings. The van der Waals surface area contributed by atoms with E-state index in [1.165, 1.54) is 0 Å². The molecule has 0 atom stereocenters. The van der Waals surface area contributed by atoms with E-state index in [9.17, 15) is 25.1 Å². The van der Waals surface area contributed by atoms with Crippen LogP contribution < -0.4 is 0 Å². The van der Waals surface area contributed by atoms with Crippen molar-refractivity contribution in [3.8, 4) is 0 Å². The maximum Gasteiger partial charge on any atom is 0.305 e. The van der Waals surface area contributed by atoms with Crippen LogP contribution in [0, 0.1) is 0 Å². The summed E-state index contributed by atoms with van der Waals surface area (Å²) in [6, 6.07) is 0. The van der Waals surface area contributed by atoms with Gasteiger partial charge in [-0.3, -0.25) is 0 Å². The SMILES string of the molecule is O=S(=O)(F)CC1(F)CCS(=O)(=O)CC1. The normalized spacial score (nSPS) is 25.9. The molecule has 0 bridgehead atoms. The van der Waals surface area contributed by atoms with E-state index in [1.807, 2.05) is 0 Å². The highest BCUT2D eigenvalue weighted by atomic mass is 32.3. The molecular formula is C6H10F2O4S2. The fourth-order valence-electron chi connectivity index (χ4n) is 1.36. The molecule has 1 aliphatic heterocycles. The van der Waals surface area contributed by atoms with Crippen LogP contribution in [0.5, 0.6) is 0 Å². The van der Waals surface area contributed by atoms with E-state index in [0.29, 0.717) is 0 Å². The Bertz CT molecular complexity index is 397. The summed E-state index contributed by atoms with van der Waals surface area (Å²) in [4.78, 5) is 0. The fourth-order valence-corrected chi connectivity index (χ4v) is 3.82. The molecule has 14 heavy (non-hydrogen) atoms. The average Bonchev–Trinajstić information content (AvgIpc) is 1.93. The minimum absolute atomic E-state index is 0.418. The van der Waals surface area contributed by atoms with Crippen LogP contribution in [0.4, 0.5) is 8.28 Å². The lowest BCUT2D eigenvalue weighted by atomic mass is 10.0. The summed E-state index contributed by atoms with van der Waals surface area (Å²) in [5, 5.41) is 0. The second kappa shape index (κ2) is 3.41. The van der Waals surface area contributed by atoms with Crippen LogP contribution in [0.25, 0.3) is 0 Å². The molecule has 1 aliphatic rings. The molecule has 0 aliphatic carbocycles. The second-order valence-electron chi connectivity index (χ2n) is 3.49. The maximum atomic E-state index is 13.5. The van der Waals surface area contributed by atoms with E-state index in [-0.39, 0.29) is 0 Å². The van der Waals surface area contributed by atoms with Crippen LogP contribution in [0.2, 0.25) is 0 Å². The van der Waals surface area contributed by atoms with Gasteiger partial charge in [-0.15, -0.1) is 3.89 Å². The number of hydrogen-bond donors (Lipinski definition) is 0. The number of sulfone groups is 1. The third kappa shape index (κ3) is 3.49. The minimum Gasteiger partial charge on any atom is -0.243 e. The minimum atomic E-state index is -4.89.